The zero-order chi connectivity index (χ0) is 20.7. The molecule has 0 atom stereocenters. The molecule has 0 bridgehead atoms. The zero-order valence-electron chi connectivity index (χ0n) is 18.5. The molecule has 5 heteroatoms. The van der Waals surface area contributed by atoms with Crippen LogP contribution < -0.4 is 0 Å². The lowest BCUT2D eigenvalue weighted by molar-refractivity contribution is -0.139. The molecule has 162 valence electrons. The number of ketones is 1. The van der Waals surface area contributed by atoms with E-state index in [1.165, 1.54) is 0 Å². The summed E-state index contributed by atoms with van der Waals surface area (Å²) in [4.78, 5) is 28.5. The van der Waals surface area contributed by atoms with E-state index in [4.69, 9.17) is 0 Å². The molecule has 28 heavy (non-hydrogen) atoms. The van der Waals surface area contributed by atoms with Crippen molar-refractivity contribution in [1.29, 1.82) is 0 Å². The van der Waals surface area contributed by atoms with E-state index < -0.39 is 5.67 Å². The monoisotopic (exact) mass is 396 g/mol. The molecule has 2 aliphatic heterocycles. The lowest BCUT2D eigenvalue weighted by Crippen LogP contribution is -2.45. The Kier molecular flexibility index (Phi) is 8.91. The highest BCUT2D eigenvalue weighted by Crippen LogP contribution is 2.37. The number of rotatable bonds is 4. The van der Waals surface area contributed by atoms with E-state index in [9.17, 15) is 9.59 Å². The molecular formula is C23H41FN2O2. The molecule has 1 aliphatic carbocycles. The van der Waals surface area contributed by atoms with Gasteiger partial charge in [0.15, 0.2) is 0 Å². The molecule has 0 N–H and O–H groups in total. The van der Waals surface area contributed by atoms with Crippen LogP contribution in [0.5, 0.6) is 0 Å². The standard InChI is InChI=1S/C21H35FN2O2.C2H6/c1-16(25)18-3-5-19(6-4-18)20(26)24-11-7-17(8-12-24)15-21(22)9-13-23(2)14-10-21;1-2/h17-19H,3-15H2,1-2H3;1-2H3. The van der Waals surface area contributed by atoms with Gasteiger partial charge in [0.1, 0.15) is 11.5 Å². The van der Waals surface area contributed by atoms with Crippen LogP contribution in [0.25, 0.3) is 0 Å². The Hall–Kier alpha value is -0.970. The third-order valence-corrected chi connectivity index (χ3v) is 7.12. The van der Waals surface area contributed by atoms with E-state index in [2.05, 4.69) is 11.9 Å². The lowest BCUT2D eigenvalue weighted by Gasteiger charge is -2.40. The topological polar surface area (TPSA) is 40.6 Å². The molecule has 0 spiro atoms. The molecule has 3 fully saturated rings. The number of Topliss-reactive ketones (excluding diaryl/α,β-unsaturated/α-hetero) is 1. The van der Waals surface area contributed by atoms with Crippen molar-refractivity contribution < 1.29 is 14.0 Å². The molecule has 0 aromatic carbocycles. The van der Waals surface area contributed by atoms with Gasteiger partial charge in [-0.2, -0.15) is 0 Å². The average molecular weight is 397 g/mol. The van der Waals surface area contributed by atoms with Crippen LogP contribution in [0.4, 0.5) is 4.39 Å². The predicted molar refractivity (Wildman–Crippen MR) is 112 cm³/mol. The molecular weight excluding hydrogens is 355 g/mol. The smallest absolute Gasteiger partial charge is 0.225 e. The fraction of sp³-hybridized carbons (Fsp3) is 0.913. The summed E-state index contributed by atoms with van der Waals surface area (Å²) in [6.07, 6.45) is 7.29. The number of halogens is 1. The van der Waals surface area contributed by atoms with Crippen molar-refractivity contribution in [3.05, 3.63) is 0 Å². The predicted octanol–water partition coefficient (Wildman–Crippen LogP) is 4.47. The molecule has 2 heterocycles. The second-order valence-electron chi connectivity index (χ2n) is 9.09. The maximum Gasteiger partial charge on any atom is 0.225 e. The van der Waals surface area contributed by atoms with E-state index in [0.717, 1.165) is 64.7 Å². The summed E-state index contributed by atoms with van der Waals surface area (Å²) in [5.74, 6) is 1.23. The maximum atomic E-state index is 15.0. The molecule has 0 unspecified atom stereocenters. The van der Waals surface area contributed by atoms with Crippen molar-refractivity contribution in [2.45, 2.75) is 84.2 Å². The first-order valence-electron chi connectivity index (χ1n) is 11.5. The molecule has 2 saturated heterocycles. The normalized spacial score (nSPS) is 29.0. The molecule has 1 amide bonds. The van der Waals surface area contributed by atoms with Gasteiger partial charge in [0.05, 0.1) is 0 Å². The van der Waals surface area contributed by atoms with Crippen LogP contribution in [-0.4, -0.2) is 60.4 Å². The summed E-state index contributed by atoms with van der Waals surface area (Å²) in [6.45, 7) is 8.95. The van der Waals surface area contributed by atoms with Crippen LogP contribution in [-0.2, 0) is 9.59 Å². The minimum absolute atomic E-state index is 0.101. The summed E-state index contributed by atoms with van der Waals surface area (Å²) in [5.41, 5.74) is -0.992. The third kappa shape index (κ3) is 6.27. The Bertz CT molecular complexity index is 501. The maximum absolute atomic E-state index is 15.0. The van der Waals surface area contributed by atoms with Crippen molar-refractivity contribution in [2.75, 3.05) is 33.2 Å². The Balaban J connectivity index is 0.00000136. The van der Waals surface area contributed by atoms with E-state index >= 15 is 4.39 Å². The van der Waals surface area contributed by atoms with Crippen molar-refractivity contribution in [2.24, 2.45) is 17.8 Å². The Labute approximate surface area is 171 Å². The number of hydrogen-bond acceptors (Lipinski definition) is 3. The third-order valence-electron chi connectivity index (χ3n) is 7.12. The number of alkyl halides is 1. The van der Waals surface area contributed by atoms with Gasteiger partial charge in [-0.3, -0.25) is 9.59 Å². The van der Waals surface area contributed by atoms with Gasteiger partial charge in [0, 0.05) is 38.0 Å². The molecule has 0 aromatic heterocycles. The first-order valence-corrected chi connectivity index (χ1v) is 11.5. The summed E-state index contributed by atoms with van der Waals surface area (Å²) < 4.78 is 15.0. The first-order chi connectivity index (χ1) is 13.4. The highest BCUT2D eigenvalue weighted by Gasteiger charge is 2.38. The number of nitrogens with zero attached hydrogens (tertiary/aromatic N) is 2. The van der Waals surface area contributed by atoms with Gasteiger partial charge in [0.25, 0.3) is 0 Å². The van der Waals surface area contributed by atoms with Crippen molar-refractivity contribution in [3.8, 4) is 0 Å². The molecule has 1 saturated carbocycles. The summed E-state index contributed by atoms with van der Waals surface area (Å²) in [6, 6.07) is 0. The Morgan fingerprint density at radius 3 is 1.89 bits per heavy atom. The van der Waals surface area contributed by atoms with Gasteiger partial charge in [-0.1, -0.05) is 13.8 Å². The fourth-order valence-electron chi connectivity index (χ4n) is 5.10. The highest BCUT2D eigenvalue weighted by molar-refractivity contribution is 5.81. The highest BCUT2D eigenvalue weighted by atomic mass is 19.1. The number of carbonyl (C=O) groups excluding carboxylic acids is 2. The van der Waals surface area contributed by atoms with Gasteiger partial charge in [-0.15, -0.1) is 0 Å². The number of carbonyl (C=O) groups is 2. The summed E-state index contributed by atoms with van der Waals surface area (Å²) in [7, 11) is 2.06. The van der Waals surface area contributed by atoms with Crippen molar-refractivity contribution >= 4 is 11.7 Å². The van der Waals surface area contributed by atoms with Crippen molar-refractivity contribution in [3.63, 3.8) is 0 Å². The molecule has 0 aromatic rings. The minimum Gasteiger partial charge on any atom is -0.342 e. The van der Waals surface area contributed by atoms with Crippen LogP contribution in [0.1, 0.15) is 78.6 Å². The Morgan fingerprint density at radius 2 is 1.39 bits per heavy atom. The second kappa shape index (κ2) is 10.7. The quantitative estimate of drug-likeness (QED) is 0.704. The van der Waals surface area contributed by atoms with Gasteiger partial charge in [-0.25, -0.2) is 4.39 Å². The largest absolute Gasteiger partial charge is 0.342 e. The molecule has 0 radical (unpaired) electrons. The summed E-state index contributed by atoms with van der Waals surface area (Å²) >= 11 is 0. The van der Waals surface area contributed by atoms with Gasteiger partial charge in [0.2, 0.25) is 5.91 Å². The van der Waals surface area contributed by atoms with Gasteiger partial charge < -0.3 is 9.80 Å². The number of piperidine rings is 2. The number of amides is 1. The van der Waals surface area contributed by atoms with Gasteiger partial charge >= 0.3 is 0 Å². The lowest BCUT2D eigenvalue weighted by atomic mass is 9.78. The number of likely N-dealkylation sites (tertiary alicyclic amines) is 2. The minimum atomic E-state index is -0.992. The van der Waals surface area contributed by atoms with Crippen LogP contribution in [0.3, 0.4) is 0 Å². The van der Waals surface area contributed by atoms with Crippen LogP contribution in [0.2, 0.25) is 0 Å². The van der Waals surface area contributed by atoms with Gasteiger partial charge in [-0.05, 0) is 77.7 Å². The number of hydrogen-bond donors (Lipinski definition) is 0. The molecule has 3 rings (SSSR count). The van der Waals surface area contributed by atoms with E-state index in [0.29, 0.717) is 25.2 Å². The van der Waals surface area contributed by atoms with E-state index in [1.807, 2.05) is 18.7 Å². The van der Waals surface area contributed by atoms with Crippen LogP contribution in [0, 0.1) is 17.8 Å². The SMILES string of the molecule is CC.CC(=O)C1CCC(C(=O)N2CCC(CC3(F)CCN(C)CC3)CC2)CC1. The average Bonchev–Trinajstić information content (AvgIpc) is 2.72. The fourth-order valence-corrected chi connectivity index (χ4v) is 5.10. The zero-order valence-corrected chi connectivity index (χ0v) is 18.5. The van der Waals surface area contributed by atoms with E-state index in [1.54, 1.807) is 6.92 Å². The van der Waals surface area contributed by atoms with Crippen LogP contribution >= 0.6 is 0 Å². The second-order valence-corrected chi connectivity index (χ2v) is 9.09. The van der Waals surface area contributed by atoms with Crippen molar-refractivity contribution in [1.82, 2.24) is 9.80 Å². The van der Waals surface area contributed by atoms with E-state index in [-0.39, 0.29) is 23.5 Å². The first kappa shape index (κ1) is 23.3. The molecule has 3 aliphatic rings. The summed E-state index contributed by atoms with van der Waals surface area (Å²) in [5, 5.41) is 0. The molecule has 4 nitrogen and oxygen atoms in total. The van der Waals surface area contributed by atoms with Crippen LogP contribution in [0.15, 0.2) is 0 Å². The Morgan fingerprint density at radius 1 is 0.893 bits per heavy atom.